The van der Waals surface area contributed by atoms with Crippen molar-refractivity contribution in [1.82, 2.24) is 9.97 Å². The van der Waals surface area contributed by atoms with Gasteiger partial charge in [-0.1, -0.05) is 0 Å². The van der Waals surface area contributed by atoms with Gasteiger partial charge in [0.15, 0.2) is 11.5 Å². The molecule has 7 heteroatoms. The van der Waals surface area contributed by atoms with Crippen LogP contribution in [0, 0.1) is 13.8 Å². The van der Waals surface area contributed by atoms with E-state index < -0.39 is 5.97 Å². The van der Waals surface area contributed by atoms with Gasteiger partial charge in [0.05, 0.1) is 49.3 Å². The molecule has 140 valence electrons. The van der Waals surface area contributed by atoms with Crippen molar-refractivity contribution in [2.45, 2.75) is 13.8 Å². The number of benzene rings is 2. The number of hydrogen-bond donors (Lipinski definition) is 0. The Morgan fingerprint density at radius 2 is 1.41 bits per heavy atom. The molecule has 0 aliphatic heterocycles. The van der Waals surface area contributed by atoms with Crippen LogP contribution >= 0.6 is 0 Å². The topological polar surface area (TPSA) is 79.8 Å². The molecule has 1 aromatic heterocycles. The summed E-state index contributed by atoms with van der Waals surface area (Å²) in [5.41, 5.74) is 3.37. The number of carbonyl (C=O) groups excluding carboxylic acids is 1. The molecule has 0 aliphatic carbocycles. The first-order chi connectivity index (χ1) is 13.0. The average molecular weight is 368 g/mol. The van der Waals surface area contributed by atoms with Gasteiger partial charge in [-0.15, -0.1) is 0 Å². The number of ether oxygens (including phenoxy) is 4. The van der Waals surface area contributed by atoms with Crippen LogP contribution in [0.2, 0.25) is 0 Å². The maximum Gasteiger partial charge on any atom is 0.343 e. The summed E-state index contributed by atoms with van der Waals surface area (Å²) in [6.07, 6.45) is 0. The Labute approximate surface area is 156 Å². The summed E-state index contributed by atoms with van der Waals surface area (Å²) >= 11 is 0. The minimum absolute atomic E-state index is 0.274. The SMILES string of the molecule is COc1cc(C(=O)Oc2ccc3nc(C)c(C)nc3c2)cc(OC)c1OC. The highest BCUT2D eigenvalue weighted by atomic mass is 16.5. The van der Waals surface area contributed by atoms with Crippen LogP contribution in [0.5, 0.6) is 23.0 Å². The number of esters is 1. The summed E-state index contributed by atoms with van der Waals surface area (Å²) in [5.74, 6) is 0.978. The molecule has 27 heavy (non-hydrogen) atoms. The van der Waals surface area contributed by atoms with Crippen molar-refractivity contribution in [2.24, 2.45) is 0 Å². The molecule has 0 atom stereocenters. The molecule has 7 nitrogen and oxygen atoms in total. The minimum atomic E-state index is -0.551. The van der Waals surface area contributed by atoms with Crippen LogP contribution in [0.4, 0.5) is 0 Å². The molecule has 0 radical (unpaired) electrons. The van der Waals surface area contributed by atoms with Gasteiger partial charge < -0.3 is 18.9 Å². The first-order valence-electron chi connectivity index (χ1n) is 8.24. The Balaban J connectivity index is 1.93. The second-order valence-corrected chi connectivity index (χ2v) is 5.85. The van der Waals surface area contributed by atoms with Crippen molar-refractivity contribution in [3.8, 4) is 23.0 Å². The summed E-state index contributed by atoms with van der Waals surface area (Å²) in [6.45, 7) is 3.79. The maximum atomic E-state index is 12.6. The molecule has 3 rings (SSSR count). The fourth-order valence-corrected chi connectivity index (χ4v) is 2.64. The molecule has 0 saturated carbocycles. The average Bonchev–Trinajstić information content (AvgIpc) is 2.67. The standard InChI is InChI=1S/C20H20N2O5/c1-11-12(2)22-16-10-14(6-7-15(16)21-11)27-20(23)13-8-17(24-3)19(26-5)18(9-13)25-4/h6-10H,1-5H3. The Morgan fingerprint density at radius 1 is 0.815 bits per heavy atom. The van der Waals surface area contributed by atoms with E-state index in [0.717, 1.165) is 16.9 Å². The second-order valence-electron chi connectivity index (χ2n) is 5.85. The Bertz CT molecular complexity index is 992. The molecule has 0 spiro atoms. The van der Waals surface area contributed by atoms with E-state index in [4.69, 9.17) is 18.9 Å². The van der Waals surface area contributed by atoms with E-state index in [2.05, 4.69) is 9.97 Å². The molecule has 1 heterocycles. The van der Waals surface area contributed by atoms with Crippen molar-refractivity contribution in [3.05, 3.63) is 47.3 Å². The quantitative estimate of drug-likeness (QED) is 0.504. The van der Waals surface area contributed by atoms with Gasteiger partial charge >= 0.3 is 5.97 Å². The van der Waals surface area contributed by atoms with Gasteiger partial charge in [0, 0.05) is 6.07 Å². The molecule has 0 unspecified atom stereocenters. The zero-order valence-electron chi connectivity index (χ0n) is 15.8. The Morgan fingerprint density at radius 3 is 1.96 bits per heavy atom. The highest BCUT2D eigenvalue weighted by molar-refractivity contribution is 5.93. The van der Waals surface area contributed by atoms with Gasteiger partial charge in [-0.2, -0.15) is 0 Å². The fraction of sp³-hybridized carbons (Fsp3) is 0.250. The van der Waals surface area contributed by atoms with Crippen LogP contribution in [0.25, 0.3) is 11.0 Å². The van der Waals surface area contributed by atoms with Crippen molar-refractivity contribution in [1.29, 1.82) is 0 Å². The van der Waals surface area contributed by atoms with Crippen LogP contribution in [0.3, 0.4) is 0 Å². The number of nitrogens with zero attached hydrogens (tertiary/aromatic N) is 2. The first-order valence-corrected chi connectivity index (χ1v) is 8.24. The second kappa shape index (κ2) is 7.49. The summed E-state index contributed by atoms with van der Waals surface area (Å²) in [4.78, 5) is 21.5. The van der Waals surface area contributed by atoms with Crippen LogP contribution in [0.1, 0.15) is 21.7 Å². The van der Waals surface area contributed by atoms with Gasteiger partial charge in [-0.05, 0) is 38.1 Å². The van der Waals surface area contributed by atoms with Gasteiger partial charge in [-0.3, -0.25) is 0 Å². The lowest BCUT2D eigenvalue weighted by Gasteiger charge is -2.13. The predicted molar refractivity (Wildman–Crippen MR) is 100 cm³/mol. The van der Waals surface area contributed by atoms with Gasteiger partial charge in [-0.25, -0.2) is 14.8 Å². The normalized spacial score (nSPS) is 10.6. The van der Waals surface area contributed by atoms with E-state index in [-0.39, 0.29) is 5.56 Å². The van der Waals surface area contributed by atoms with Crippen molar-refractivity contribution < 1.29 is 23.7 Å². The summed E-state index contributed by atoms with van der Waals surface area (Å²) < 4.78 is 21.3. The van der Waals surface area contributed by atoms with Gasteiger partial charge in [0.2, 0.25) is 5.75 Å². The van der Waals surface area contributed by atoms with E-state index in [1.54, 1.807) is 18.2 Å². The molecule has 0 aliphatic rings. The highest BCUT2D eigenvalue weighted by Gasteiger charge is 2.18. The Hall–Kier alpha value is -3.35. The molecule has 3 aromatic rings. The van der Waals surface area contributed by atoms with Crippen molar-refractivity contribution in [2.75, 3.05) is 21.3 Å². The molecule has 2 aromatic carbocycles. The number of aromatic nitrogens is 2. The number of rotatable bonds is 5. The third-order valence-electron chi connectivity index (χ3n) is 4.16. The van der Waals surface area contributed by atoms with E-state index in [0.29, 0.717) is 28.5 Å². The summed E-state index contributed by atoms with van der Waals surface area (Å²) in [7, 11) is 4.47. The lowest BCUT2D eigenvalue weighted by molar-refractivity contribution is 0.0734. The summed E-state index contributed by atoms with van der Waals surface area (Å²) in [6, 6.07) is 8.22. The fourth-order valence-electron chi connectivity index (χ4n) is 2.64. The molecular weight excluding hydrogens is 348 g/mol. The molecule has 0 amide bonds. The lowest BCUT2D eigenvalue weighted by Crippen LogP contribution is -2.10. The number of fused-ring (bicyclic) bond motifs is 1. The minimum Gasteiger partial charge on any atom is -0.493 e. The smallest absolute Gasteiger partial charge is 0.343 e. The Kier molecular flexibility index (Phi) is 5.12. The third-order valence-corrected chi connectivity index (χ3v) is 4.16. The van der Waals surface area contributed by atoms with E-state index in [1.807, 2.05) is 13.8 Å². The zero-order valence-corrected chi connectivity index (χ0v) is 15.8. The van der Waals surface area contributed by atoms with E-state index in [1.165, 1.54) is 33.5 Å². The first kappa shape index (κ1) is 18.4. The van der Waals surface area contributed by atoms with Gasteiger partial charge in [0.25, 0.3) is 0 Å². The largest absolute Gasteiger partial charge is 0.493 e. The maximum absolute atomic E-state index is 12.6. The number of aryl methyl sites for hydroxylation is 2. The van der Waals surface area contributed by atoms with E-state index in [9.17, 15) is 4.79 Å². The molecule has 0 saturated heterocycles. The van der Waals surface area contributed by atoms with Crippen LogP contribution < -0.4 is 18.9 Å². The number of carbonyl (C=O) groups is 1. The van der Waals surface area contributed by atoms with Crippen LogP contribution in [-0.4, -0.2) is 37.3 Å². The highest BCUT2D eigenvalue weighted by Crippen LogP contribution is 2.38. The van der Waals surface area contributed by atoms with Crippen LogP contribution in [-0.2, 0) is 0 Å². The lowest BCUT2D eigenvalue weighted by atomic mass is 10.2. The van der Waals surface area contributed by atoms with Crippen molar-refractivity contribution in [3.63, 3.8) is 0 Å². The number of methoxy groups -OCH3 is 3. The summed E-state index contributed by atoms with van der Waals surface area (Å²) in [5, 5.41) is 0. The zero-order chi connectivity index (χ0) is 19.6. The third kappa shape index (κ3) is 3.62. The molecular formula is C20H20N2O5. The molecule has 0 bridgehead atoms. The molecule has 0 N–H and O–H groups in total. The number of hydrogen-bond acceptors (Lipinski definition) is 7. The van der Waals surface area contributed by atoms with Crippen molar-refractivity contribution >= 4 is 17.0 Å². The monoisotopic (exact) mass is 368 g/mol. The van der Waals surface area contributed by atoms with E-state index >= 15 is 0 Å². The van der Waals surface area contributed by atoms with Crippen LogP contribution in [0.15, 0.2) is 30.3 Å². The predicted octanol–water partition coefficient (Wildman–Crippen LogP) is 3.49. The molecule has 0 fully saturated rings. The van der Waals surface area contributed by atoms with Gasteiger partial charge in [0.1, 0.15) is 5.75 Å².